The summed E-state index contributed by atoms with van der Waals surface area (Å²) < 4.78 is 28.2. The zero-order valence-electron chi connectivity index (χ0n) is 17.2. The molecule has 8 heteroatoms. The molecule has 1 heterocycles. The third-order valence-corrected chi connectivity index (χ3v) is 6.56. The highest BCUT2D eigenvalue weighted by molar-refractivity contribution is 9.10. The first kappa shape index (κ1) is 20.7. The van der Waals surface area contributed by atoms with Gasteiger partial charge in [0.1, 0.15) is 0 Å². The maximum atomic E-state index is 12.8. The van der Waals surface area contributed by atoms with Crippen molar-refractivity contribution in [2.24, 2.45) is 11.8 Å². The average Bonchev–Trinajstić information content (AvgIpc) is 3.12. The van der Waals surface area contributed by atoms with E-state index >= 15 is 0 Å². The van der Waals surface area contributed by atoms with E-state index in [9.17, 15) is 9.90 Å². The summed E-state index contributed by atoms with van der Waals surface area (Å²) in [7, 11) is 6.19. The van der Waals surface area contributed by atoms with Crippen molar-refractivity contribution in [3.63, 3.8) is 0 Å². The highest BCUT2D eigenvalue weighted by atomic mass is 79.9. The van der Waals surface area contributed by atoms with Gasteiger partial charge in [-0.05, 0) is 51.7 Å². The van der Waals surface area contributed by atoms with Crippen LogP contribution in [0.5, 0.6) is 28.7 Å². The molecule has 2 aromatic carbocycles. The van der Waals surface area contributed by atoms with Crippen LogP contribution in [-0.2, 0) is 16.0 Å². The quantitative estimate of drug-likeness (QED) is 0.656. The van der Waals surface area contributed by atoms with Crippen molar-refractivity contribution in [2.75, 3.05) is 35.0 Å². The van der Waals surface area contributed by atoms with Crippen LogP contribution in [0.25, 0.3) is 0 Å². The number of hydrogen-bond acceptors (Lipinski definition) is 7. The van der Waals surface area contributed by atoms with Gasteiger partial charge in [-0.15, -0.1) is 0 Å². The molecule has 2 aliphatic rings. The van der Waals surface area contributed by atoms with E-state index in [4.69, 9.17) is 23.7 Å². The van der Waals surface area contributed by atoms with Gasteiger partial charge in [-0.25, -0.2) is 0 Å². The molecule has 1 N–H and O–H groups in total. The summed E-state index contributed by atoms with van der Waals surface area (Å²) in [5.74, 6) is 0.916. The summed E-state index contributed by atoms with van der Waals surface area (Å²) in [4.78, 5) is 12.8. The molecule has 160 valence electrons. The number of phenolic OH excluding ortho intramolecular Hbond substituents is 1. The monoisotopic (exact) mass is 478 g/mol. The van der Waals surface area contributed by atoms with Gasteiger partial charge in [0.15, 0.2) is 23.0 Å². The van der Waals surface area contributed by atoms with E-state index < -0.39 is 0 Å². The molecule has 4 rings (SSSR count). The topological polar surface area (TPSA) is 83.5 Å². The van der Waals surface area contributed by atoms with E-state index in [-0.39, 0.29) is 29.5 Å². The van der Waals surface area contributed by atoms with Gasteiger partial charge >= 0.3 is 5.97 Å². The zero-order valence-corrected chi connectivity index (χ0v) is 18.7. The predicted molar refractivity (Wildman–Crippen MR) is 112 cm³/mol. The molecule has 2 aromatic rings. The molecule has 0 bridgehead atoms. The third kappa shape index (κ3) is 3.05. The van der Waals surface area contributed by atoms with E-state index in [2.05, 4.69) is 15.9 Å². The van der Waals surface area contributed by atoms with Crippen LogP contribution in [0.1, 0.15) is 22.6 Å². The second kappa shape index (κ2) is 7.91. The fourth-order valence-corrected chi connectivity index (χ4v) is 5.14. The van der Waals surface area contributed by atoms with E-state index in [1.165, 1.54) is 7.11 Å². The number of benzene rings is 2. The van der Waals surface area contributed by atoms with E-state index in [0.29, 0.717) is 40.5 Å². The number of aromatic hydroxyl groups is 1. The molecule has 1 fully saturated rings. The van der Waals surface area contributed by atoms with Gasteiger partial charge in [0.2, 0.25) is 5.75 Å². The molecule has 30 heavy (non-hydrogen) atoms. The van der Waals surface area contributed by atoms with Crippen LogP contribution in [-0.4, -0.2) is 46.1 Å². The molecule has 3 unspecified atom stereocenters. The van der Waals surface area contributed by atoms with Crippen molar-refractivity contribution in [3.05, 3.63) is 39.4 Å². The molecule has 1 saturated heterocycles. The number of methoxy groups -OCH3 is 4. The number of ether oxygens (including phenoxy) is 5. The van der Waals surface area contributed by atoms with Gasteiger partial charge in [0.05, 0.1) is 45.4 Å². The van der Waals surface area contributed by atoms with Crippen molar-refractivity contribution >= 4 is 21.9 Å². The number of phenols is 1. The smallest absolute Gasteiger partial charge is 0.310 e. The normalized spacial score (nSPS) is 22.0. The Bertz CT molecular complexity index is 1000. The summed E-state index contributed by atoms with van der Waals surface area (Å²) in [6.45, 7) is 0.368. The first-order valence-electron chi connectivity index (χ1n) is 9.49. The Morgan fingerprint density at radius 1 is 1.00 bits per heavy atom. The van der Waals surface area contributed by atoms with Gasteiger partial charge in [-0.1, -0.05) is 0 Å². The van der Waals surface area contributed by atoms with Crippen LogP contribution in [0.2, 0.25) is 0 Å². The number of esters is 1. The molecule has 0 saturated carbocycles. The lowest BCUT2D eigenvalue weighted by molar-refractivity contribution is -0.141. The molecule has 0 spiro atoms. The zero-order chi connectivity index (χ0) is 21.6. The molecule has 1 aliphatic carbocycles. The maximum Gasteiger partial charge on any atom is 0.310 e. The lowest BCUT2D eigenvalue weighted by Crippen LogP contribution is -2.32. The van der Waals surface area contributed by atoms with E-state index in [0.717, 1.165) is 16.7 Å². The molecule has 0 aromatic heterocycles. The van der Waals surface area contributed by atoms with Gasteiger partial charge < -0.3 is 28.8 Å². The van der Waals surface area contributed by atoms with Crippen molar-refractivity contribution in [3.8, 4) is 28.7 Å². The van der Waals surface area contributed by atoms with Gasteiger partial charge in [-0.2, -0.15) is 0 Å². The molecule has 0 radical (unpaired) electrons. The summed E-state index contributed by atoms with van der Waals surface area (Å²) in [5, 5.41) is 10.3. The third-order valence-electron chi connectivity index (χ3n) is 5.96. The second-order valence-electron chi connectivity index (χ2n) is 7.37. The maximum absolute atomic E-state index is 12.8. The average molecular weight is 479 g/mol. The van der Waals surface area contributed by atoms with Crippen molar-refractivity contribution in [1.29, 1.82) is 0 Å². The summed E-state index contributed by atoms with van der Waals surface area (Å²) in [5.41, 5.74) is 2.67. The van der Waals surface area contributed by atoms with E-state index in [1.807, 2.05) is 6.07 Å². The number of carbonyl (C=O) groups excluding carboxylic acids is 1. The Morgan fingerprint density at radius 3 is 2.33 bits per heavy atom. The minimum Gasteiger partial charge on any atom is -0.503 e. The minimum absolute atomic E-state index is 0.00195. The van der Waals surface area contributed by atoms with Crippen LogP contribution in [0.15, 0.2) is 22.7 Å². The van der Waals surface area contributed by atoms with Gasteiger partial charge in [0, 0.05) is 17.4 Å². The molecular weight excluding hydrogens is 456 g/mol. The Hall–Kier alpha value is -2.61. The van der Waals surface area contributed by atoms with Crippen LogP contribution >= 0.6 is 15.9 Å². The number of rotatable bonds is 5. The fraction of sp³-hybridized carbons (Fsp3) is 0.409. The van der Waals surface area contributed by atoms with Crippen LogP contribution in [0.3, 0.4) is 0 Å². The van der Waals surface area contributed by atoms with Gasteiger partial charge in [0.25, 0.3) is 0 Å². The highest BCUT2D eigenvalue weighted by Crippen LogP contribution is 2.55. The number of hydrogen-bond donors (Lipinski definition) is 1. The summed E-state index contributed by atoms with van der Waals surface area (Å²) >= 11 is 3.40. The minimum atomic E-state index is -0.384. The Labute approximate surface area is 183 Å². The fourth-order valence-electron chi connectivity index (χ4n) is 4.68. The van der Waals surface area contributed by atoms with Crippen molar-refractivity contribution in [2.45, 2.75) is 12.3 Å². The number of cyclic esters (lactones) is 1. The van der Waals surface area contributed by atoms with E-state index in [1.54, 1.807) is 33.5 Å². The Balaban J connectivity index is 2.02. The largest absolute Gasteiger partial charge is 0.503 e. The summed E-state index contributed by atoms with van der Waals surface area (Å²) in [6, 6.07) is 5.49. The number of carbonyl (C=O) groups is 1. The van der Waals surface area contributed by atoms with Crippen LogP contribution in [0, 0.1) is 11.8 Å². The highest BCUT2D eigenvalue weighted by Gasteiger charge is 2.49. The van der Waals surface area contributed by atoms with Gasteiger partial charge in [-0.3, -0.25) is 4.79 Å². The molecule has 7 nitrogen and oxygen atoms in total. The summed E-state index contributed by atoms with van der Waals surface area (Å²) in [6.07, 6.45) is 0.662. The lowest BCUT2D eigenvalue weighted by atomic mass is 9.67. The Morgan fingerprint density at radius 2 is 1.70 bits per heavy atom. The number of fused-ring (bicyclic) bond motifs is 2. The van der Waals surface area contributed by atoms with Crippen molar-refractivity contribution in [1.82, 2.24) is 0 Å². The number of halogens is 1. The molecular formula is C22H23BrO7. The predicted octanol–water partition coefficient (Wildman–Crippen LogP) is 3.67. The van der Waals surface area contributed by atoms with Crippen molar-refractivity contribution < 1.29 is 33.6 Å². The SMILES string of the molecule is COc1cc(C2c3c(cc(OC)c(OC)c3OC)CC3COC(=O)C32)cc(Br)c1O. The lowest BCUT2D eigenvalue weighted by Gasteiger charge is -2.35. The van der Waals surface area contributed by atoms with Crippen LogP contribution in [0.4, 0.5) is 0 Å². The standard InChI is InChI=1S/C22H23BrO7/c1-26-14-7-11(6-13(23)19(14)24)16-17-10(5-12-9-30-22(25)18(12)16)8-15(27-2)20(28-3)21(17)29-4/h6-8,12,16,18,24H,5,9H2,1-4H3. The molecule has 0 amide bonds. The first-order valence-corrected chi connectivity index (χ1v) is 10.3. The molecule has 1 aliphatic heterocycles. The molecule has 3 atom stereocenters. The Kier molecular flexibility index (Phi) is 5.44. The second-order valence-corrected chi connectivity index (χ2v) is 8.22. The first-order chi connectivity index (χ1) is 14.4. The van der Waals surface area contributed by atoms with Crippen LogP contribution < -0.4 is 18.9 Å².